The average Bonchev–Trinajstić information content (AvgIpc) is 2.07. The minimum Gasteiger partial charge on any atom is -0.439 e. The topological polar surface area (TPSA) is 27.7 Å². The van der Waals surface area contributed by atoms with E-state index in [1.807, 2.05) is 0 Å². The van der Waals surface area contributed by atoms with Gasteiger partial charge in [0.2, 0.25) is 0 Å². The fourth-order valence-corrected chi connectivity index (χ4v) is 1.21. The summed E-state index contributed by atoms with van der Waals surface area (Å²) in [4.78, 5) is 0. The molecule has 0 aliphatic carbocycles. The Hall–Kier alpha value is -0.960. The lowest BCUT2D eigenvalue weighted by molar-refractivity contribution is -0.354. The summed E-state index contributed by atoms with van der Waals surface area (Å²) in [6.45, 7) is 7.59. The molecule has 68 valence electrons. The first kappa shape index (κ1) is 9.13. The number of hydrogen-bond acceptors (Lipinski definition) is 3. The third-order valence-corrected chi connectivity index (χ3v) is 1.73. The van der Waals surface area contributed by atoms with Crippen LogP contribution in [0.25, 0.3) is 0 Å². The second kappa shape index (κ2) is 4.16. The fraction of sp³-hybridized carbons (Fsp3) is 0.556. The molecule has 0 aromatic rings. The summed E-state index contributed by atoms with van der Waals surface area (Å²) >= 11 is 0. The van der Waals surface area contributed by atoms with Gasteiger partial charge < -0.3 is 14.2 Å². The predicted octanol–water partition coefficient (Wildman–Crippen LogP) is 2.16. The maximum Gasteiger partial charge on any atom is 0.370 e. The van der Waals surface area contributed by atoms with Gasteiger partial charge in [0.25, 0.3) is 0 Å². The van der Waals surface area contributed by atoms with E-state index < -0.39 is 5.97 Å². The Kier molecular flexibility index (Phi) is 3.17. The predicted molar refractivity (Wildman–Crippen MR) is 45.1 cm³/mol. The van der Waals surface area contributed by atoms with Gasteiger partial charge in [-0.25, -0.2) is 0 Å². The van der Waals surface area contributed by atoms with Crippen molar-refractivity contribution < 1.29 is 14.2 Å². The Morgan fingerprint density at radius 3 is 2.25 bits per heavy atom. The lowest BCUT2D eigenvalue weighted by Crippen LogP contribution is -2.39. The van der Waals surface area contributed by atoms with Crippen molar-refractivity contribution in [3.8, 4) is 0 Å². The van der Waals surface area contributed by atoms with Gasteiger partial charge in [-0.1, -0.05) is 13.2 Å². The summed E-state index contributed by atoms with van der Waals surface area (Å²) in [5.41, 5.74) is 0. The number of ether oxygens (including phenoxy) is 3. The molecule has 0 unspecified atom stereocenters. The first-order valence-electron chi connectivity index (χ1n) is 4.04. The summed E-state index contributed by atoms with van der Waals surface area (Å²) in [7, 11) is 0. The highest BCUT2D eigenvalue weighted by Crippen LogP contribution is 2.27. The molecule has 1 aliphatic heterocycles. The van der Waals surface area contributed by atoms with Crippen LogP contribution in [0.1, 0.15) is 19.3 Å². The molecule has 0 aromatic carbocycles. The van der Waals surface area contributed by atoms with Crippen LogP contribution >= 0.6 is 0 Å². The molecule has 0 spiro atoms. The Morgan fingerprint density at radius 1 is 1.17 bits per heavy atom. The van der Waals surface area contributed by atoms with Crippen LogP contribution in [-0.4, -0.2) is 12.6 Å². The van der Waals surface area contributed by atoms with Gasteiger partial charge in [-0.05, 0) is 12.8 Å². The second-order valence-corrected chi connectivity index (χ2v) is 2.56. The molecule has 1 fully saturated rings. The minimum absolute atomic E-state index is 0.654. The molecular weight excluding hydrogens is 156 g/mol. The molecule has 1 rings (SSSR count). The summed E-state index contributed by atoms with van der Waals surface area (Å²) in [6.07, 6.45) is 5.44. The zero-order valence-electron chi connectivity index (χ0n) is 7.12. The van der Waals surface area contributed by atoms with Crippen molar-refractivity contribution in [2.75, 3.05) is 6.61 Å². The molecular formula is C9H14O3. The van der Waals surface area contributed by atoms with Gasteiger partial charge in [0.15, 0.2) is 0 Å². The molecule has 1 heterocycles. The fourth-order valence-electron chi connectivity index (χ4n) is 1.21. The minimum atomic E-state index is -0.957. The van der Waals surface area contributed by atoms with E-state index in [4.69, 9.17) is 14.2 Å². The van der Waals surface area contributed by atoms with Gasteiger partial charge in [0.05, 0.1) is 25.6 Å². The van der Waals surface area contributed by atoms with E-state index >= 15 is 0 Å². The number of hydrogen-bond donors (Lipinski definition) is 0. The highest BCUT2D eigenvalue weighted by atomic mass is 16.9. The molecule has 0 radical (unpaired) electrons. The molecule has 1 saturated heterocycles. The van der Waals surface area contributed by atoms with Crippen molar-refractivity contribution in [1.82, 2.24) is 0 Å². The molecule has 0 aromatic heterocycles. The Bertz CT molecular complexity index is 147. The van der Waals surface area contributed by atoms with Crippen LogP contribution < -0.4 is 0 Å². The molecule has 0 bridgehead atoms. The van der Waals surface area contributed by atoms with Crippen LogP contribution in [-0.2, 0) is 14.2 Å². The molecule has 0 saturated carbocycles. The van der Waals surface area contributed by atoms with Gasteiger partial charge in [-0.15, -0.1) is 0 Å². The Morgan fingerprint density at radius 2 is 1.83 bits per heavy atom. The highest BCUT2D eigenvalue weighted by molar-refractivity contribution is 4.70. The molecule has 0 atom stereocenters. The molecule has 12 heavy (non-hydrogen) atoms. The molecule has 3 heteroatoms. The van der Waals surface area contributed by atoms with Gasteiger partial charge in [-0.2, -0.15) is 0 Å². The van der Waals surface area contributed by atoms with E-state index in [0.29, 0.717) is 13.0 Å². The van der Waals surface area contributed by atoms with Crippen LogP contribution in [0.5, 0.6) is 0 Å². The SMILES string of the molecule is C=COC1(OC=C)CCCCO1. The van der Waals surface area contributed by atoms with Crippen molar-refractivity contribution in [2.45, 2.75) is 25.2 Å². The summed E-state index contributed by atoms with van der Waals surface area (Å²) < 4.78 is 15.7. The Labute approximate surface area is 72.6 Å². The van der Waals surface area contributed by atoms with Crippen molar-refractivity contribution in [1.29, 1.82) is 0 Å². The lowest BCUT2D eigenvalue weighted by atomic mass is 10.2. The van der Waals surface area contributed by atoms with E-state index in [9.17, 15) is 0 Å². The zero-order chi connectivity index (χ0) is 8.86. The maximum atomic E-state index is 5.36. The van der Waals surface area contributed by atoms with Gasteiger partial charge in [0, 0.05) is 0 Å². The van der Waals surface area contributed by atoms with Gasteiger partial charge in [0.1, 0.15) is 0 Å². The third-order valence-electron chi connectivity index (χ3n) is 1.73. The largest absolute Gasteiger partial charge is 0.439 e. The summed E-state index contributed by atoms with van der Waals surface area (Å²) in [6, 6.07) is 0. The zero-order valence-corrected chi connectivity index (χ0v) is 7.12. The maximum absolute atomic E-state index is 5.36. The van der Waals surface area contributed by atoms with Crippen molar-refractivity contribution in [2.24, 2.45) is 0 Å². The number of rotatable bonds is 4. The first-order valence-corrected chi connectivity index (χ1v) is 4.04. The quantitative estimate of drug-likeness (QED) is 0.478. The first-order chi connectivity index (χ1) is 5.83. The van der Waals surface area contributed by atoms with Crippen molar-refractivity contribution >= 4 is 0 Å². The van der Waals surface area contributed by atoms with Crippen LogP contribution in [0.4, 0.5) is 0 Å². The Balaban J connectivity index is 2.55. The van der Waals surface area contributed by atoms with Crippen molar-refractivity contribution in [3.63, 3.8) is 0 Å². The normalized spacial score (nSPS) is 21.0. The summed E-state index contributed by atoms with van der Waals surface area (Å²) in [5, 5.41) is 0. The van der Waals surface area contributed by atoms with Crippen molar-refractivity contribution in [3.05, 3.63) is 25.7 Å². The standard InChI is InChI=1S/C9H14O3/c1-3-10-9(11-4-2)7-5-6-8-12-9/h3-4H,1-2,5-8H2. The van der Waals surface area contributed by atoms with E-state index in [2.05, 4.69) is 13.2 Å². The monoisotopic (exact) mass is 170 g/mol. The summed E-state index contributed by atoms with van der Waals surface area (Å²) in [5.74, 6) is -0.957. The smallest absolute Gasteiger partial charge is 0.370 e. The highest BCUT2D eigenvalue weighted by Gasteiger charge is 2.36. The van der Waals surface area contributed by atoms with E-state index in [1.165, 1.54) is 12.5 Å². The van der Waals surface area contributed by atoms with Gasteiger partial charge in [-0.3, -0.25) is 0 Å². The van der Waals surface area contributed by atoms with Crippen LogP contribution in [0.15, 0.2) is 25.7 Å². The van der Waals surface area contributed by atoms with E-state index in [-0.39, 0.29) is 0 Å². The average molecular weight is 170 g/mol. The molecule has 0 amide bonds. The van der Waals surface area contributed by atoms with Gasteiger partial charge >= 0.3 is 5.97 Å². The molecule has 0 N–H and O–H groups in total. The molecule has 3 nitrogen and oxygen atoms in total. The third kappa shape index (κ3) is 2.01. The van der Waals surface area contributed by atoms with E-state index in [0.717, 1.165) is 12.8 Å². The second-order valence-electron chi connectivity index (χ2n) is 2.56. The lowest BCUT2D eigenvalue weighted by Gasteiger charge is -2.33. The van der Waals surface area contributed by atoms with E-state index in [1.54, 1.807) is 0 Å². The molecule has 1 aliphatic rings. The van der Waals surface area contributed by atoms with Crippen LogP contribution in [0.2, 0.25) is 0 Å². The van der Waals surface area contributed by atoms with Crippen LogP contribution in [0.3, 0.4) is 0 Å². The van der Waals surface area contributed by atoms with Crippen LogP contribution in [0, 0.1) is 0 Å².